The molecule has 0 radical (unpaired) electrons. The molecular weight excluding hydrogens is 509 g/mol. The van der Waals surface area contributed by atoms with Gasteiger partial charge in [-0.3, -0.25) is 0 Å². The van der Waals surface area contributed by atoms with Gasteiger partial charge in [-0.2, -0.15) is 0 Å². The average molecular weight is 531 g/mol. The van der Waals surface area contributed by atoms with Crippen molar-refractivity contribution in [1.82, 2.24) is 0 Å². The number of rotatable bonds is 8. The fraction of sp³-hybridized carbons (Fsp3) is 0.154. The standard InChI is InChI=1S/C26H22BrCl2NO2/c1-2-31-25-13-17(15-30-20-10-11-22(27)23(28)14-20)12-24(29)26(25)32-16-19-8-5-7-18-6-3-4-9-21(18)19/h3-14,30H,2,15-16H2,1H3. The first-order valence-corrected chi connectivity index (χ1v) is 11.8. The van der Waals surface area contributed by atoms with E-state index in [0.29, 0.717) is 41.3 Å². The Hall–Kier alpha value is -2.40. The summed E-state index contributed by atoms with van der Waals surface area (Å²) in [5, 5.41) is 6.88. The normalized spacial score (nSPS) is 10.9. The summed E-state index contributed by atoms with van der Waals surface area (Å²) in [6, 6.07) is 24.1. The maximum Gasteiger partial charge on any atom is 0.180 e. The van der Waals surface area contributed by atoms with Crippen LogP contribution in [-0.2, 0) is 13.2 Å². The number of fused-ring (bicyclic) bond motifs is 1. The predicted octanol–water partition coefficient (Wildman–Crippen LogP) is 8.50. The zero-order valence-electron chi connectivity index (χ0n) is 17.5. The van der Waals surface area contributed by atoms with E-state index in [9.17, 15) is 0 Å². The molecule has 0 heterocycles. The van der Waals surface area contributed by atoms with E-state index in [4.69, 9.17) is 32.7 Å². The van der Waals surface area contributed by atoms with E-state index in [1.54, 1.807) is 0 Å². The molecule has 0 aliphatic rings. The van der Waals surface area contributed by atoms with Crippen molar-refractivity contribution in [2.24, 2.45) is 0 Å². The molecule has 0 saturated carbocycles. The van der Waals surface area contributed by atoms with Gasteiger partial charge in [-0.25, -0.2) is 0 Å². The van der Waals surface area contributed by atoms with E-state index >= 15 is 0 Å². The van der Waals surface area contributed by atoms with Gasteiger partial charge in [0.15, 0.2) is 11.5 Å². The van der Waals surface area contributed by atoms with Gasteiger partial charge in [-0.15, -0.1) is 0 Å². The van der Waals surface area contributed by atoms with E-state index in [0.717, 1.165) is 26.7 Å². The van der Waals surface area contributed by atoms with Gasteiger partial charge >= 0.3 is 0 Å². The summed E-state index contributed by atoms with van der Waals surface area (Å²) in [5.74, 6) is 1.18. The van der Waals surface area contributed by atoms with Crippen LogP contribution >= 0.6 is 39.1 Å². The van der Waals surface area contributed by atoms with Crippen molar-refractivity contribution < 1.29 is 9.47 Å². The Morgan fingerprint density at radius 2 is 1.69 bits per heavy atom. The van der Waals surface area contributed by atoms with Crippen LogP contribution in [0.25, 0.3) is 10.8 Å². The first-order chi connectivity index (χ1) is 15.5. The highest BCUT2D eigenvalue weighted by Crippen LogP contribution is 2.38. The van der Waals surface area contributed by atoms with E-state index in [1.165, 1.54) is 5.39 Å². The molecule has 0 aromatic heterocycles. The second kappa shape index (κ2) is 10.5. The minimum Gasteiger partial charge on any atom is -0.490 e. The van der Waals surface area contributed by atoms with Gasteiger partial charge in [0, 0.05) is 16.7 Å². The lowest BCUT2D eigenvalue weighted by Crippen LogP contribution is -2.04. The van der Waals surface area contributed by atoms with Crippen molar-refractivity contribution in [1.29, 1.82) is 0 Å². The zero-order valence-corrected chi connectivity index (χ0v) is 20.6. The summed E-state index contributed by atoms with van der Waals surface area (Å²) in [6.45, 7) is 3.43. The van der Waals surface area contributed by atoms with Crippen LogP contribution < -0.4 is 14.8 Å². The Balaban J connectivity index is 1.53. The van der Waals surface area contributed by atoms with Crippen molar-refractivity contribution in [3.63, 3.8) is 0 Å². The Bertz CT molecular complexity index is 1240. The Morgan fingerprint density at radius 1 is 0.875 bits per heavy atom. The maximum atomic E-state index is 6.62. The van der Waals surface area contributed by atoms with Crippen LogP contribution in [0, 0.1) is 0 Å². The molecule has 0 aliphatic heterocycles. The van der Waals surface area contributed by atoms with Crippen LogP contribution in [0.2, 0.25) is 10.0 Å². The summed E-state index contributed by atoms with van der Waals surface area (Å²) in [4.78, 5) is 0. The van der Waals surface area contributed by atoms with Crippen LogP contribution in [0.5, 0.6) is 11.5 Å². The quantitative estimate of drug-likeness (QED) is 0.247. The predicted molar refractivity (Wildman–Crippen MR) is 137 cm³/mol. The highest BCUT2D eigenvalue weighted by Gasteiger charge is 2.14. The topological polar surface area (TPSA) is 30.5 Å². The van der Waals surface area contributed by atoms with Crippen molar-refractivity contribution >= 4 is 55.6 Å². The Morgan fingerprint density at radius 3 is 2.50 bits per heavy atom. The number of halogens is 3. The molecule has 164 valence electrons. The van der Waals surface area contributed by atoms with E-state index in [2.05, 4.69) is 45.5 Å². The lowest BCUT2D eigenvalue weighted by molar-refractivity contribution is 0.270. The summed E-state index contributed by atoms with van der Waals surface area (Å²) >= 11 is 16.2. The van der Waals surface area contributed by atoms with E-state index in [1.807, 2.05) is 55.5 Å². The van der Waals surface area contributed by atoms with Crippen LogP contribution in [0.1, 0.15) is 18.1 Å². The van der Waals surface area contributed by atoms with Gasteiger partial charge in [0.05, 0.1) is 16.7 Å². The van der Waals surface area contributed by atoms with Crippen molar-refractivity contribution in [2.45, 2.75) is 20.1 Å². The number of hydrogen-bond donors (Lipinski definition) is 1. The number of anilines is 1. The molecule has 32 heavy (non-hydrogen) atoms. The fourth-order valence-corrected chi connectivity index (χ4v) is 4.22. The molecule has 0 aliphatic carbocycles. The molecule has 4 aromatic rings. The van der Waals surface area contributed by atoms with Gasteiger partial charge in [0.2, 0.25) is 0 Å². The van der Waals surface area contributed by atoms with Crippen LogP contribution in [-0.4, -0.2) is 6.61 Å². The molecule has 0 unspecified atom stereocenters. The largest absolute Gasteiger partial charge is 0.490 e. The number of nitrogens with one attached hydrogen (secondary N) is 1. The van der Waals surface area contributed by atoms with Gasteiger partial charge in [0.25, 0.3) is 0 Å². The number of benzene rings is 4. The maximum absolute atomic E-state index is 6.62. The first-order valence-electron chi connectivity index (χ1n) is 10.3. The Labute approximate surface area is 206 Å². The van der Waals surface area contributed by atoms with Crippen molar-refractivity contribution in [2.75, 3.05) is 11.9 Å². The average Bonchev–Trinajstić information content (AvgIpc) is 2.79. The molecule has 0 bridgehead atoms. The SMILES string of the molecule is CCOc1cc(CNc2ccc(Br)c(Cl)c2)cc(Cl)c1OCc1cccc2ccccc12. The van der Waals surface area contributed by atoms with Gasteiger partial charge in [-0.1, -0.05) is 65.7 Å². The first kappa shape index (κ1) is 22.8. The van der Waals surface area contributed by atoms with Crippen LogP contribution in [0.3, 0.4) is 0 Å². The molecule has 0 spiro atoms. The number of ether oxygens (including phenoxy) is 2. The van der Waals surface area contributed by atoms with Crippen LogP contribution in [0.15, 0.2) is 77.3 Å². The molecule has 4 aromatic carbocycles. The van der Waals surface area contributed by atoms with Crippen molar-refractivity contribution in [3.05, 3.63) is 98.4 Å². The monoisotopic (exact) mass is 529 g/mol. The van der Waals surface area contributed by atoms with Gasteiger partial charge in [-0.05, 0) is 75.1 Å². The van der Waals surface area contributed by atoms with E-state index < -0.39 is 0 Å². The third-order valence-electron chi connectivity index (χ3n) is 5.04. The molecule has 0 amide bonds. The minimum absolute atomic E-state index is 0.399. The zero-order chi connectivity index (χ0) is 22.5. The summed E-state index contributed by atoms with van der Waals surface area (Å²) in [7, 11) is 0. The summed E-state index contributed by atoms with van der Waals surface area (Å²) < 4.78 is 12.9. The summed E-state index contributed by atoms with van der Waals surface area (Å²) in [5.41, 5.74) is 3.00. The summed E-state index contributed by atoms with van der Waals surface area (Å²) in [6.07, 6.45) is 0. The molecule has 0 atom stereocenters. The second-order valence-electron chi connectivity index (χ2n) is 7.25. The third kappa shape index (κ3) is 5.32. The molecule has 0 saturated heterocycles. The van der Waals surface area contributed by atoms with Crippen LogP contribution in [0.4, 0.5) is 5.69 Å². The highest BCUT2D eigenvalue weighted by molar-refractivity contribution is 9.10. The van der Waals surface area contributed by atoms with Crippen molar-refractivity contribution in [3.8, 4) is 11.5 Å². The molecule has 3 nitrogen and oxygen atoms in total. The lowest BCUT2D eigenvalue weighted by atomic mass is 10.1. The molecule has 4 rings (SSSR count). The molecule has 1 N–H and O–H groups in total. The highest BCUT2D eigenvalue weighted by atomic mass is 79.9. The number of hydrogen-bond acceptors (Lipinski definition) is 3. The van der Waals surface area contributed by atoms with E-state index in [-0.39, 0.29) is 0 Å². The lowest BCUT2D eigenvalue weighted by Gasteiger charge is -2.16. The molecule has 6 heteroatoms. The Kier molecular flexibility index (Phi) is 7.46. The smallest absolute Gasteiger partial charge is 0.180 e. The van der Waals surface area contributed by atoms with Gasteiger partial charge in [0.1, 0.15) is 6.61 Å². The fourth-order valence-electron chi connectivity index (χ4n) is 3.50. The molecular formula is C26H22BrCl2NO2. The minimum atomic E-state index is 0.399. The molecule has 0 fully saturated rings. The second-order valence-corrected chi connectivity index (χ2v) is 8.92. The van der Waals surface area contributed by atoms with Gasteiger partial charge < -0.3 is 14.8 Å². The third-order valence-corrected chi connectivity index (χ3v) is 6.55.